The Labute approximate surface area is 155 Å². The number of nitrogens with zero attached hydrogens (tertiary/aromatic N) is 1. The molecular formula is C20H30N2O4. The van der Waals surface area contributed by atoms with E-state index in [-0.39, 0.29) is 12.0 Å². The van der Waals surface area contributed by atoms with E-state index in [1.54, 1.807) is 0 Å². The molecule has 1 fully saturated rings. The van der Waals surface area contributed by atoms with Crippen LogP contribution in [-0.4, -0.2) is 48.7 Å². The number of rotatable bonds is 6. The molecule has 144 valence electrons. The van der Waals surface area contributed by atoms with Crippen LogP contribution in [0.1, 0.15) is 40.0 Å². The van der Waals surface area contributed by atoms with Gasteiger partial charge < -0.3 is 19.7 Å². The van der Waals surface area contributed by atoms with E-state index in [2.05, 4.69) is 5.32 Å². The summed E-state index contributed by atoms with van der Waals surface area (Å²) in [7, 11) is 0. The van der Waals surface area contributed by atoms with Crippen LogP contribution in [0.4, 0.5) is 4.79 Å². The maximum atomic E-state index is 12.3. The molecule has 1 aliphatic rings. The summed E-state index contributed by atoms with van der Waals surface area (Å²) >= 11 is 0. The first-order valence-corrected chi connectivity index (χ1v) is 9.26. The molecule has 6 heteroatoms. The van der Waals surface area contributed by atoms with Gasteiger partial charge in [-0.15, -0.1) is 0 Å². The van der Waals surface area contributed by atoms with Crippen LogP contribution in [0, 0.1) is 5.92 Å². The van der Waals surface area contributed by atoms with Gasteiger partial charge in [0.15, 0.2) is 0 Å². The first-order chi connectivity index (χ1) is 12.3. The minimum absolute atomic E-state index is 0.125. The fourth-order valence-corrected chi connectivity index (χ4v) is 2.86. The van der Waals surface area contributed by atoms with E-state index in [1.165, 1.54) is 0 Å². The average molecular weight is 362 g/mol. The standard InChI is InChI=1S/C20H30N2O4/c1-20(2,3)26-19(24)21-15-16-9-12-22(13-10-16)18(23)11-14-25-17-7-5-4-6-8-17/h4-8,16H,9-15H2,1-3H3,(H,21,24). The number of para-hydroxylation sites is 1. The smallest absolute Gasteiger partial charge is 0.407 e. The molecular weight excluding hydrogens is 332 g/mol. The molecule has 2 amide bonds. The minimum atomic E-state index is -0.484. The zero-order chi connectivity index (χ0) is 19.0. The monoisotopic (exact) mass is 362 g/mol. The Morgan fingerprint density at radius 3 is 2.42 bits per heavy atom. The van der Waals surface area contributed by atoms with Crippen molar-refractivity contribution >= 4 is 12.0 Å². The Balaban J connectivity index is 1.61. The Bertz CT molecular complexity index is 575. The normalized spacial score (nSPS) is 15.4. The van der Waals surface area contributed by atoms with Crippen molar-refractivity contribution < 1.29 is 19.1 Å². The zero-order valence-corrected chi connectivity index (χ0v) is 16.0. The van der Waals surface area contributed by atoms with Gasteiger partial charge in [0, 0.05) is 19.6 Å². The molecule has 0 bridgehead atoms. The van der Waals surface area contributed by atoms with E-state index >= 15 is 0 Å². The predicted molar refractivity (Wildman–Crippen MR) is 100 cm³/mol. The maximum Gasteiger partial charge on any atom is 0.407 e. The second kappa shape index (κ2) is 9.46. The van der Waals surface area contributed by atoms with Crippen LogP contribution in [0.25, 0.3) is 0 Å². The molecule has 0 spiro atoms. The molecule has 26 heavy (non-hydrogen) atoms. The predicted octanol–water partition coefficient (Wildman–Crippen LogP) is 3.22. The van der Waals surface area contributed by atoms with E-state index in [4.69, 9.17) is 9.47 Å². The van der Waals surface area contributed by atoms with Gasteiger partial charge in [-0.3, -0.25) is 4.79 Å². The minimum Gasteiger partial charge on any atom is -0.493 e. The summed E-state index contributed by atoms with van der Waals surface area (Å²) in [5.74, 6) is 1.29. The lowest BCUT2D eigenvalue weighted by atomic mass is 9.96. The zero-order valence-electron chi connectivity index (χ0n) is 16.0. The molecule has 0 saturated carbocycles. The molecule has 0 radical (unpaired) electrons. The molecule has 0 aromatic heterocycles. The maximum absolute atomic E-state index is 12.3. The van der Waals surface area contributed by atoms with Crippen molar-refractivity contribution in [3.63, 3.8) is 0 Å². The molecule has 0 aliphatic carbocycles. The van der Waals surface area contributed by atoms with Crippen molar-refractivity contribution in [3.8, 4) is 5.75 Å². The van der Waals surface area contributed by atoms with Gasteiger partial charge in [-0.2, -0.15) is 0 Å². The van der Waals surface area contributed by atoms with Gasteiger partial charge in [0.05, 0.1) is 13.0 Å². The van der Waals surface area contributed by atoms with Crippen molar-refractivity contribution in [1.29, 1.82) is 0 Å². The second-order valence-electron chi connectivity index (χ2n) is 7.62. The Morgan fingerprint density at radius 2 is 1.81 bits per heavy atom. The summed E-state index contributed by atoms with van der Waals surface area (Å²) in [5.41, 5.74) is -0.484. The van der Waals surface area contributed by atoms with E-state index in [0.717, 1.165) is 31.7 Å². The van der Waals surface area contributed by atoms with Gasteiger partial charge in [-0.05, 0) is 51.7 Å². The van der Waals surface area contributed by atoms with Crippen molar-refractivity contribution in [2.24, 2.45) is 5.92 Å². The molecule has 0 unspecified atom stereocenters. The van der Waals surface area contributed by atoms with Gasteiger partial charge in [-0.1, -0.05) is 18.2 Å². The fourth-order valence-electron chi connectivity index (χ4n) is 2.86. The van der Waals surface area contributed by atoms with Gasteiger partial charge in [0.25, 0.3) is 0 Å². The lowest BCUT2D eigenvalue weighted by Gasteiger charge is -2.32. The SMILES string of the molecule is CC(C)(C)OC(=O)NCC1CCN(C(=O)CCOc2ccccc2)CC1. The van der Waals surface area contributed by atoms with Gasteiger partial charge in [0.1, 0.15) is 11.4 Å². The van der Waals surface area contributed by atoms with Gasteiger partial charge >= 0.3 is 6.09 Å². The third-order valence-corrected chi connectivity index (χ3v) is 4.23. The molecule has 1 aliphatic heterocycles. The number of hydrogen-bond donors (Lipinski definition) is 1. The number of ether oxygens (including phenoxy) is 2. The lowest BCUT2D eigenvalue weighted by Crippen LogP contribution is -2.42. The van der Waals surface area contributed by atoms with Crippen LogP contribution in [0.2, 0.25) is 0 Å². The number of hydrogen-bond acceptors (Lipinski definition) is 4. The highest BCUT2D eigenvalue weighted by Gasteiger charge is 2.24. The lowest BCUT2D eigenvalue weighted by molar-refractivity contribution is -0.133. The van der Waals surface area contributed by atoms with Crippen LogP contribution in [-0.2, 0) is 9.53 Å². The van der Waals surface area contributed by atoms with Gasteiger partial charge in [-0.25, -0.2) is 4.79 Å². The number of likely N-dealkylation sites (tertiary alicyclic amines) is 1. The summed E-state index contributed by atoms with van der Waals surface area (Å²) in [6, 6.07) is 9.52. The topological polar surface area (TPSA) is 67.9 Å². The highest BCUT2D eigenvalue weighted by Crippen LogP contribution is 2.18. The van der Waals surface area contributed by atoms with Crippen LogP contribution < -0.4 is 10.1 Å². The first-order valence-electron chi connectivity index (χ1n) is 9.26. The molecule has 1 aromatic carbocycles. The number of alkyl carbamates (subject to hydrolysis) is 1. The highest BCUT2D eigenvalue weighted by molar-refractivity contribution is 5.76. The second-order valence-corrected chi connectivity index (χ2v) is 7.62. The van der Waals surface area contributed by atoms with Crippen molar-refractivity contribution in [1.82, 2.24) is 10.2 Å². The molecule has 2 rings (SSSR count). The summed E-state index contributed by atoms with van der Waals surface area (Å²) < 4.78 is 10.8. The van der Waals surface area contributed by atoms with E-state index in [1.807, 2.05) is 56.0 Å². The summed E-state index contributed by atoms with van der Waals surface area (Å²) in [6.45, 7) is 7.97. The van der Waals surface area contributed by atoms with Crippen LogP contribution in [0.15, 0.2) is 30.3 Å². The van der Waals surface area contributed by atoms with E-state index in [9.17, 15) is 9.59 Å². The number of nitrogens with one attached hydrogen (secondary N) is 1. The first kappa shape index (κ1) is 20.1. The Hall–Kier alpha value is -2.24. The third kappa shape index (κ3) is 7.33. The summed E-state index contributed by atoms with van der Waals surface area (Å²) in [4.78, 5) is 25.9. The molecule has 1 heterocycles. The number of amides is 2. The molecule has 1 saturated heterocycles. The largest absolute Gasteiger partial charge is 0.493 e. The number of piperidine rings is 1. The molecule has 1 N–H and O–H groups in total. The third-order valence-electron chi connectivity index (χ3n) is 4.23. The molecule has 0 atom stereocenters. The van der Waals surface area contributed by atoms with E-state index < -0.39 is 5.60 Å². The highest BCUT2D eigenvalue weighted by atomic mass is 16.6. The fraction of sp³-hybridized carbons (Fsp3) is 0.600. The van der Waals surface area contributed by atoms with Crippen LogP contribution in [0.5, 0.6) is 5.75 Å². The van der Waals surface area contributed by atoms with Crippen LogP contribution >= 0.6 is 0 Å². The van der Waals surface area contributed by atoms with Crippen molar-refractivity contribution in [3.05, 3.63) is 30.3 Å². The van der Waals surface area contributed by atoms with Crippen molar-refractivity contribution in [2.45, 2.75) is 45.6 Å². The number of benzene rings is 1. The Morgan fingerprint density at radius 1 is 1.15 bits per heavy atom. The van der Waals surface area contributed by atoms with Gasteiger partial charge in [0.2, 0.25) is 5.91 Å². The Kier molecular flexibility index (Phi) is 7.30. The van der Waals surface area contributed by atoms with Crippen LogP contribution in [0.3, 0.4) is 0 Å². The van der Waals surface area contributed by atoms with E-state index in [0.29, 0.717) is 25.5 Å². The summed E-state index contributed by atoms with van der Waals surface area (Å²) in [5, 5.41) is 2.82. The molecule has 6 nitrogen and oxygen atoms in total. The quantitative estimate of drug-likeness (QED) is 0.844. The van der Waals surface area contributed by atoms with Crippen molar-refractivity contribution in [2.75, 3.05) is 26.2 Å². The summed E-state index contributed by atoms with van der Waals surface area (Å²) in [6.07, 6.45) is 1.78. The number of carbonyl (C=O) groups is 2. The number of carbonyl (C=O) groups excluding carboxylic acids is 2. The average Bonchev–Trinajstić information content (AvgIpc) is 2.60. The molecule has 1 aromatic rings.